The molecule has 0 aliphatic heterocycles. The molecule has 2 heterocycles. The zero-order chi connectivity index (χ0) is 13.0. The van der Waals surface area contributed by atoms with Crippen LogP contribution in [0.5, 0.6) is 0 Å². The molecule has 0 bridgehead atoms. The number of hydrogen-bond donors (Lipinski definition) is 1. The lowest BCUT2D eigenvalue weighted by molar-refractivity contribution is 0.523. The number of halogens is 2. The molecule has 0 saturated heterocycles. The van der Waals surface area contributed by atoms with Crippen LogP contribution in [0.2, 0.25) is 5.22 Å². The highest BCUT2D eigenvalue weighted by Gasteiger charge is 2.17. The second kappa shape index (κ2) is 6.36. The van der Waals surface area contributed by atoms with Crippen LogP contribution >= 0.6 is 27.5 Å². The van der Waals surface area contributed by atoms with Gasteiger partial charge in [0.25, 0.3) is 0 Å². The first-order valence-electron chi connectivity index (χ1n) is 5.77. The fourth-order valence-corrected chi connectivity index (χ4v) is 2.31. The summed E-state index contributed by atoms with van der Waals surface area (Å²) in [4.78, 5) is 4.38. The first-order valence-corrected chi connectivity index (χ1v) is 6.94. The Balaban J connectivity index is 2.16. The van der Waals surface area contributed by atoms with Crippen molar-refractivity contribution in [3.8, 4) is 0 Å². The number of likely N-dealkylation sites (N-methyl/N-ethyl adjacent to an activating group) is 1. The van der Waals surface area contributed by atoms with Crippen LogP contribution in [0.3, 0.4) is 0 Å². The van der Waals surface area contributed by atoms with Crippen LogP contribution < -0.4 is 5.32 Å². The molecule has 0 aliphatic rings. The van der Waals surface area contributed by atoms with Crippen molar-refractivity contribution >= 4 is 27.5 Å². The lowest BCUT2D eigenvalue weighted by Crippen LogP contribution is -2.23. The lowest BCUT2D eigenvalue weighted by Gasteiger charge is -2.16. The van der Waals surface area contributed by atoms with E-state index in [1.54, 1.807) is 12.5 Å². The largest absolute Gasteiger partial charge is 0.453 e. The SMILES string of the molecule is CCNC(Cc1ccc(Br)cn1)c1ccoc1Cl. The van der Waals surface area contributed by atoms with Gasteiger partial charge < -0.3 is 9.73 Å². The Hall–Kier alpha value is -0.840. The van der Waals surface area contributed by atoms with Crippen molar-refractivity contribution < 1.29 is 4.42 Å². The second-order valence-electron chi connectivity index (χ2n) is 3.93. The molecule has 0 radical (unpaired) electrons. The summed E-state index contributed by atoms with van der Waals surface area (Å²) in [6, 6.07) is 6.01. The molecular weight excluding hydrogens is 316 g/mol. The molecule has 3 nitrogen and oxygen atoms in total. The molecule has 1 unspecified atom stereocenters. The van der Waals surface area contributed by atoms with E-state index < -0.39 is 0 Å². The fourth-order valence-electron chi connectivity index (χ4n) is 1.83. The maximum atomic E-state index is 6.03. The number of aromatic nitrogens is 1. The van der Waals surface area contributed by atoms with E-state index in [2.05, 4.69) is 33.2 Å². The molecule has 1 atom stereocenters. The van der Waals surface area contributed by atoms with Gasteiger partial charge in [0.1, 0.15) is 0 Å². The van der Waals surface area contributed by atoms with Crippen LogP contribution in [-0.2, 0) is 6.42 Å². The summed E-state index contributed by atoms with van der Waals surface area (Å²) in [6.07, 6.45) is 4.19. The molecule has 18 heavy (non-hydrogen) atoms. The maximum absolute atomic E-state index is 6.03. The van der Waals surface area contributed by atoms with Crippen molar-refractivity contribution in [2.24, 2.45) is 0 Å². The van der Waals surface area contributed by atoms with E-state index in [0.29, 0.717) is 5.22 Å². The van der Waals surface area contributed by atoms with Gasteiger partial charge >= 0.3 is 0 Å². The van der Waals surface area contributed by atoms with Crippen LogP contribution in [-0.4, -0.2) is 11.5 Å². The van der Waals surface area contributed by atoms with Crippen LogP contribution in [0.25, 0.3) is 0 Å². The molecule has 2 aromatic rings. The quantitative estimate of drug-likeness (QED) is 0.901. The van der Waals surface area contributed by atoms with E-state index >= 15 is 0 Å². The molecule has 0 aliphatic carbocycles. The van der Waals surface area contributed by atoms with Crippen molar-refractivity contribution in [2.75, 3.05) is 6.54 Å². The highest BCUT2D eigenvalue weighted by Crippen LogP contribution is 2.26. The molecule has 96 valence electrons. The van der Waals surface area contributed by atoms with Gasteiger partial charge in [0.05, 0.1) is 6.26 Å². The minimum atomic E-state index is 0.120. The van der Waals surface area contributed by atoms with Crippen molar-refractivity contribution in [1.82, 2.24) is 10.3 Å². The first kappa shape index (κ1) is 13.6. The summed E-state index contributed by atoms with van der Waals surface area (Å²) in [5.41, 5.74) is 1.99. The molecular formula is C13H14BrClN2O. The van der Waals surface area contributed by atoms with Crippen molar-refractivity contribution in [1.29, 1.82) is 0 Å². The molecule has 5 heteroatoms. The molecule has 0 saturated carbocycles. The molecule has 0 spiro atoms. The van der Waals surface area contributed by atoms with Gasteiger partial charge in [0.15, 0.2) is 5.22 Å². The molecule has 0 amide bonds. The van der Waals surface area contributed by atoms with Gasteiger partial charge in [-0.05, 0) is 52.3 Å². The summed E-state index contributed by atoms with van der Waals surface area (Å²) in [5.74, 6) is 0. The summed E-state index contributed by atoms with van der Waals surface area (Å²) in [5, 5.41) is 3.84. The van der Waals surface area contributed by atoms with E-state index in [1.807, 2.05) is 18.2 Å². The van der Waals surface area contributed by atoms with Crippen molar-refractivity contribution in [3.63, 3.8) is 0 Å². The minimum absolute atomic E-state index is 0.120. The highest BCUT2D eigenvalue weighted by molar-refractivity contribution is 9.10. The van der Waals surface area contributed by atoms with Crippen LogP contribution in [0, 0.1) is 0 Å². The molecule has 0 aromatic carbocycles. The molecule has 1 N–H and O–H groups in total. The van der Waals surface area contributed by atoms with Gasteiger partial charge in [-0.25, -0.2) is 0 Å². The number of nitrogens with zero attached hydrogens (tertiary/aromatic N) is 1. The van der Waals surface area contributed by atoms with E-state index in [4.69, 9.17) is 16.0 Å². The maximum Gasteiger partial charge on any atom is 0.197 e. The van der Waals surface area contributed by atoms with Crippen LogP contribution in [0.15, 0.2) is 39.5 Å². The predicted octanol–water partition coefficient (Wildman–Crippen LogP) is 3.98. The Labute approximate surface area is 120 Å². The average Bonchev–Trinajstić information content (AvgIpc) is 2.78. The number of hydrogen-bond acceptors (Lipinski definition) is 3. The van der Waals surface area contributed by atoms with Gasteiger partial charge in [0, 0.05) is 34.4 Å². The van der Waals surface area contributed by atoms with Crippen LogP contribution in [0.4, 0.5) is 0 Å². The standard InChI is InChI=1S/C13H14BrClN2O/c1-2-16-12(11-5-6-18-13(11)15)7-10-4-3-9(14)8-17-10/h3-6,8,12,16H,2,7H2,1H3. The van der Waals surface area contributed by atoms with Crippen molar-refractivity contribution in [3.05, 3.63) is 51.6 Å². The van der Waals surface area contributed by atoms with Crippen LogP contribution in [0.1, 0.15) is 24.2 Å². The Kier molecular flexibility index (Phi) is 4.80. The zero-order valence-electron chi connectivity index (χ0n) is 9.99. The predicted molar refractivity (Wildman–Crippen MR) is 75.8 cm³/mol. The molecule has 2 aromatic heterocycles. The average molecular weight is 330 g/mol. The highest BCUT2D eigenvalue weighted by atomic mass is 79.9. The van der Waals surface area contributed by atoms with Gasteiger partial charge in [-0.1, -0.05) is 6.92 Å². The number of pyridine rings is 1. The van der Waals surface area contributed by atoms with E-state index in [0.717, 1.165) is 28.7 Å². The number of rotatable bonds is 5. The van der Waals surface area contributed by atoms with E-state index in [9.17, 15) is 0 Å². The monoisotopic (exact) mass is 328 g/mol. The summed E-state index contributed by atoms with van der Waals surface area (Å²) < 4.78 is 6.13. The van der Waals surface area contributed by atoms with Gasteiger partial charge in [-0.15, -0.1) is 0 Å². The smallest absolute Gasteiger partial charge is 0.197 e. The Bertz CT molecular complexity index is 498. The van der Waals surface area contributed by atoms with E-state index in [-0.39, 0.29) is 6.04 Å². The Morgan fingerprint density at radius 1 is 1.44 bits per heavy atom. The Morgan fingerprint density at radius 2 is 2.28 bits per heavy atom. The third-order valence-corrected chi connectivity index (χ3v) is 3.45. The number of nitrogens with one attached hydrogen (secondary N) is 1. The summed E-state index contributed by atoms with van der Waals surface area (Å²) in [6.45, 7) is 2.93. The third-order valence-electron chi connectivity index (χ3n) is 2.67. The normalized spacial score (nSPS) is 12.6. The first-order chi connectivity index (χ1) is 8.70. The second-order valence-corrected chi connectivity index (χ2v) is 5.19. The summed E-state index contributed by atoms with van der Waals surface area (Å²) in [7, 11) is 0. The zero-order valence-corrected chi connectivity index (χ0v) is 12.3. The lowest BCUT2D eigenvalue weighted by atomic mass is 10.0. The van der Waals surface area contributed by atoms with Gasteiger partial charge in [0.2, 0.25) is 0 Å². The van der Waals surface area contributed by atoms with Crippen molar-refractivity contribution in [2.45, 2.75) is 19.4 Å². The number of furan rings is 1. The van der Waals surface area contributed by atoms with Gasteiger partial charge in [-0.2, -0.15) is 0 Å². The molecule has 2 rings (SSSR count). The Morgan fingerprint density at radius 3 is 2.83 bits per heavy atom. The third kappa shape index (κ3) is 3.34. The minimum Gasteiger partial charge on any atom is -0.453 e. The topological polar surface area (TPSA) is 38.1 Å². The fraction of sp³-hybridized carbons (Fsp3) is 0.308. The summed E-state index contributed by atoms with van der Waals surface area (Å²) >= 11 is 9.41. The van der Waals surface area contributed by atoms with E-state index in [1.165, 1.54) is 0 Å². The van der Waals surface area contributed by atoms with Gasteiger partial charge in [-0.3, -0.25) is 4.98 Å². The molecule has 0 fully saturated rings.